The van der Waals surface area contributed by atoms with Gasteiger partial charge in [-0.15, -0.1) is 11.3 Å². The van der Waals surface area contributed by atoms with Crippen LogP contribution in [0.2, 0.25) is 5.02 Å². The van der Waals surface area contributed by atoms with Crippen molar-refractivity contribution in [1.29, 1.82) is 0 Å². The van der Waals surface area contributed by atoms with Crippen LogP contribution in [0.15, 0.2) is 42.6 Å². The zero-order chi connectivity index (χ0) is 23.2. The first kappa shape index (κ1) is 23.5. The molecule has 4 rings (SSSR count). The smallest absolute Gasteiger partial charge is 0.266 e. The maximum Gasteiger partial charge on any atom is 0.266 e. The van der Waals surface area contributed by atoms with Gasteiger partial charge in [0.15, 0.2) is 4.88 Å². The zero-order valence-electron chi connectivity index (χ0n) is 18.8. The predicted molar refractivity (Wildman–Crippen MR) is 133 cm³/mol. The average Bonchev–Trinajstić information content (AvgIpc) is 3.29. The Hall–Kier alpha value is -2.68. The molecule has 2 aromatic heterocycles. The molecule has 3 aromatic rings. The standard InChI is InChI=1S/C24H28ClN5O2S/c1-26-20-13-18(7-10-28-20)24-29-23(21(33-24)22(31)27-2)32-15-17-8-11-30(12-9-17)14-16-3-5-19(25)6-4-16/h3-7,10,13,17H,8-9,11-12,14-15H2,1-2H3,(H,26,28)(H,27,31). The Kier molecular flexibility index (Phi) is 7.80. The van der Waals surface area contributed by atoms with Gasteiger partial charge in [0.2, 0.25) is 5.88 Å². The lowest BCUT2D eigenvalue weighted by Gasteiger charge is -2.31. The Labute approximate surface area is 203 Å². The number of pyridine rings is 1. The van der Waals surface area contributed by atoms with E-state index >= 15 is 0 Å². The quantitative estimate of drug-likeness (QED) is 0.487. The molecule has 7 nitrogen and oxygen atoms in total. The third-order valence-electron chi connectivity index (χ3n) is 5.77. The Morgan fingerprint density at radius 2 is 1.97 bits per heavy atom. The van der Waals surface area contributed by atoms with Crippen LogP contribution < -0.4 is 15.4 Å². The molecule has 0 radical (unpaired) electrons. The molecule has 1 fully saturated rings. The van der Waals surface area contributed by atoms with E-state index in [0.29, 0.717) is 23.3 Å². The number of hydrogen-bond acceptors (Lipinski definition) is 7. The lowest BCUT2D eigenvalue weighted by molar-refractivity contribution is 0.0958. The highest BCUT2D eigenvalue weighted by atomic mass is 35.5. The van der Waals surface area contributed by atoms with E-state index in [1.807, 2.05) is 31.3 Å². The molecule has 174 valence electrons. The summed E-state index contributed by atoms with van der Waals surface area (Å²) >= 11 is 7.32. The second-order valence-electron chi connectivity index (χ2n) is 8.07. The number of nitrogens with zero attached hydrogens (tertiary/aromatic N) is 3. The molecule has 33 heavy (non-hydrogen) atoms. The van der Waals surface area contributed by atoms with Gasteiger partial charge in [-0.3, -0.25) is 9.69 Å². The summed E-state index contributed by atoms with van der Waals surface area (Å²) in [6, 6.07) is 11.8. The van der Waals surface area contributed by atoms with Crippen molar-refractivity contribution in [1.82, 2.24) is 20.2 Å². The van der Waals surface area contributed by atoms with Gasteiger partial charge in [0.25, 0.3) is 5.91 Å². The number of thiazole rings is 1. The van der Waals surface area contributed by atoms with Crippen LogP contribution in [0.1, 0.15) is 28.1 Å². The van der Waals surface area contributed by atoms with Gasteiger partial charge in [0, 0.05) is 37.4 Å². The Bertz CT molecular complexity index is 1080. The van der Waals surface area contributed by atoms with E-state index < -0.39 is 0 Å². The van der Waals surface area contributed by atoms with Crippen molar-refractivity contribution in [3.8, 4) is 16.5 Å². The molecule has 0 aliphatic carbocycles. The number of halogens is 1. The fraction of sp³-hybridized carbons (Fsp3) is 0.375. The van der Waals surface area contributed by atoms with Crippen molar-refractivity contribution in [3.63, 3.8) is 0 Å². The fourth-order valence-electron chi connectivity index (χ4n) is 3.84. The number of carbonyl (C=O) groups is 1. The summed E-state index contributed by atoms with van der Waals surface area (Å²) in [7, 11) is 3.44. The zero-order valence-corrected chi connectivity index (χ0v) is 20.4. The van der Waals surface area contributed by atoms with Crippen molar-refractivity contribution in [2.75, 3.05) is 39.1 Å². The van der Waals surface area contributed by atoms with Gasteiger partial charge in [0.05, 0.1) is 6.61 Å². The number of ether oxygens (including phenoxy) is 1. The molecule has 1 aliphatic heterocycles. The number of aromatic nitrogens is 2. The minimum Gasteiger partial charge on any atom is -0.476 e. The minimum atomic E-state index is -0.186. The van der Waals surface area contributed by atoms with Crippen LogP contribution in [-0.4, -0.2) is 54.6 Å². The predicted octanol–water partition coefficient (Wildman–Crippen LogP) is 4.55. The van der Waals surface area contributed by atoms with Gasteiger partial charge in [0.1, 0.15) is 10.8 Å². The monoisotopic (exact) mass is 485 g/mol. The highest BCUT2D eigenvalue weighted by Gasteiger charge is 2.24. The van der Waals surface area contributed by atoms with Crippen LogP contribution in [0.4, 0.5) is 5.82 Å². The van der Waals surface area contributed by atoms with E-state index in [-0.39, 0.29) is 5.91 Å². The molecule has 3 heterocycles. The molecule has 1 saturated heterocycles. The van der Waals surface area contributed by atoms with Gasteiger partial charge >= 0.3 is 0 Å². The van der Waals surface area contributed by atoms with Crippen LogP contribution >= 0.6 is 22.9 Å². The second kappa shape index (κ2) is 11.0. The number of hydrogen-bond donors (Lipinski definition) is 2. The van der Waals surface area contributed by atoms with Crippen LogP contribution in [0, 0.1) is 5.92 Å². The number of rotatable bonds is 8. The number of anilines is 1. The summed E-state index contributed by atoms with van der Waals surface area (Å²) in [4.78, 5) is 24.3. The normalized spacial score (nSPS) is 14.8. The first-order chi connectivity index (χ1) is 16.1. The number of amides is 1. The lowest BCUT2D eigenvalue weighted by atomic mass is 9.97. The summed E-state index contributed by atoms with van der Waals surface area (Å²) < 4.78 is 6.10. The van der Waals surface area contributed by atoms with Gasteiger partial charge < -0.3 is 15.4 Å². The molecule has 0 atom stereocenters. The minimum absolute atomic E-state index is 0.186. The maximum atomic E-state index is 12.4. The number of likely N-dealkylation sites (tertiary alicyclic amines) is 1. The lowest BCUT2D eigenvalue weighted by Crippen LogP contribution is -2.35. The number of nitrogens with one attached hydrogen (secondary N) is 2. The molecule has 0 spiro atoms. The molecular weight excluding hydrogens is 458 g/mol. The number of carbonyl (C=O) groups excluding carboxylic acids is 1. The van der Waals surface area contributed by atoms with Crippen LogP contribution in [0.5, 0.6) is 5.88 Å². The summed E-state index contributed by atoms with van der Waals surface area (Å²) in [6.45, 7) is 3.53. The first-order valence-corrected chi connectivity index (χ1v) is 12.2. The van der Waals surface area contributed by atoms with E-state index in [4.69, 9.17) is 16.3 Å². The van der Waals surface area contributed by atoms with E-state index in [0.717, 1.165) is 53.9 Å². The van der Waals surface area contributed by atoms with Gasteiger partial charge in [-0.25, -0.2) is 9.97 Å². The highest BCUT2D eigenvalue weighted by Crippen LogP contribution is 2.34. The molecular formula is C24H28ClN5O2S. The summed E-state index contributed by atoms with van der Waals surface area (Å²) in [6.07, 6.45) is 3.83. The average molecular weight is 486 g/mol. The topological polar surface area (TPSA) is 79.4 Å². The van der Waals surface area contributed by atoms with E-state index in [1.165, 1.54) is 16.9 Å². The summed E-state index contributed by atoms with van der Waals surface area (Å²) in [5.74, 6) is 1.40. The maximum absolute atomic E-state index is 12.4. The molecule has 1 aromatic carbocycles. The van der Waals surface area contributed by atoms with Gasteiger partial charge in [-0.1, -0.05) is 23.7 Å². The van der Waals surface area contributed by atoms with Crippen molar-refractivity contribution in [2.24, 2.45) is 5.92 Å². The Morgan fingerprint density at radius 3 is 2.67 bits per heavy atom. The third kappa shape index (κ3) is 6.01. The molecule has 9 heteroatoms. The third-order valence-corrected chi connectivity index (χ3v) is 7.11. The summed E-state index contributed by atoms with van der Waals surface area (Å²) in [5.41, 5.74) is 2.17. The Balaban J connectivity index is 1.37. The summed E-state index contributed by atoms with van der Waals surface area (Å²) in [5, 5.41) is 7.22. The van der Waals surface area contributed by atoms with Crippen molar-refractivity contribution >= 4 is 34.7 Å². The van der Waals surface area contributed by atoms with Crippen LogP contribution in [0.25, 0.3) is 10.6 Å². The number of benzene rings is 1. The van der Waals surface area contributed by atoms with Gasteiger partial charge in [-0.05, 0) is 61.7 Å². The molecule has 0 saturated carbocycles. The molecule has 0 bridgehead atoms. The molecule has 2 N–H and O–H groups in total. The fourth-order valence-corrected chi connectivity index (χ4v) is 4.92. The largest absolute Gasteiger partial charge is 0.476 e. The number of piperidine rings is 1. The van der Waals surface area contributed by atoms with E-state index in [9.17, 15) is 4.79 Å². The van der Waals surface area contributed by atoms with Crippen LogP contribution in [0.3, 0.4) is 0 Å². The van der Waals surface area contributed by atoms with Crippen molar-refractivity contribution in [2.45, 2.75) is 19.4 Å². The SMILES string of the molecule is CNC(=O)c1sc(-c2ccnc(NC)c2)nc1OCC1CCN(Cc2ccc(Cl)cc2)CC1. The molecule has 1 aliphatic rings. The van der Waals surface area contributed by atoms with Crippen molar-refractivity contribution < 1.29 is 9.53 Å². The molecule has 0 unspecified atom stereocenters. The van der Waals surface area contributed by atoms with E-state index in [2.05, 4.69) is 37.6 Å². The van der Waals surface area contributed by atoms with Crippen molar-refractivity contribution in [3.05, 3.63) is 58.1 Å². The van der Waals surface area contributed by atoms with Crippen LogP contribution in [-0.2, 0) is 6.54 Å². The second-order valence-corrected chi connectivity index (χ2v) is 9.50. The highest BCUT2D eigenvalue weighted by molar-refractivity contribution is 7.17. The molecule has 1 amide bonds. The van der Waals surface area contributed by atoms with E-state index in [1.54, 1.807) is 13.2 Å². The van der Waals surface area contributed by atoms with Gasteiger partial charge in [-0.2, -0.15) is 0 Å². The Morgan fingerprint density at radius 1 is 1.21 bits per heavy atom. The first-order valence-electron chi connectivity index (χ1n) is 11.0.